The summed E-state index contributed by atoms with van der Waals surface area (Å²) in [4.78, 5) is 108. The molecule has 0 unspecified atom stereocenters. The maximum absolute atomic E-state index is 15.6. The number of hydrogen-bond donors (Lipinski definition) is 2. The molecule has 0 aliphatic carbocycles. The average Bonchev–Trinajstić information content (AvgIpc) is 1.62. The Morgan fingerprint density at radius 2 is 1.06 bits per heavy atom. The molecule has 3 fully saturated rings. The number of Topliss-reactive ketones (excluding diaryl/α,β-unsaturated/α-hetero) is 4. The fourth-order valence-corrected chi connectivity index (χ4v) is 13.5. The van der Waals surface area contributed by atoms with Crippen molar-refractivity contribution in [3.63, 3.8) is 0 Å². The van der Waals surface area contributed by atoms with E-state index in [2.05, 4.69) is 58.5 Å². The second-order valence-corrected chi connectivity index (χ2v) is 26.7. The molecule has 7 heterocycles. The lowest BCUT2D eigenvalue weighted by Crippen LogP contribution is -2.43. The number of carbonyl (C=O) groups is 6. The normalized spacial score (nSPS) is 17.6. The number of fused-ring (bicyclic) bond motifs is 4. The Balaban J connectivity index is 0.000000203. The van der Waals surface area contributed by atoms with Gasteiger partial charge in [0.1, 0.15) is 48.5 Å². The van der Waals surface area contributed by atoms with Gasteiger partial charge in [0.2, 0.25) is 11.8 Å². The highest BCUT2D eigenvalue weighted by molar-refractivity contribution is 9.10. The van der Waals surface area contributed by atoms with Gasteiger partial charge in [-0.15, -0.1) is 0 Å². The Bertz CT molecular complexity index is 4730. The third-order valence-corrected chi connectivity index (χ3v) is 19.2. The van der Waals surface area contributed by atoms with Gasteiger partial charge in [-0.25, -0.2) is 17.6 Å². The quantitative estimate of drug-likeness (QED) is 0.0586. The van der Waals surface area contributed by atoms with E-state index in [-0.39, 0.29) is 128 Å². The summed E-state index contributed by atoms with van der Waals surface area (Å²) in [6.45, 7) is 9.20. The van der Waals surface area contributed by atoms with E-state index in [0.29, 0.717) is 32.9 Å². The van der Waals surface area contributed by atoms with Crippen molar-refractivity contribution in [2.45, 2.75) is 123 Å². The van der Waals surface area contributed by atoms with Crippen LogP contribution in [0.5, 0.6) is 0 Å². The van der Waals surface area contributed by atoms with Crippen LogP contribution in [0.2, 0.25) is 0 Å². The Kier molecular flexibility index (Phi) is 23.7. The summed E-state index contributed by atoms with van der Waals surface area (Å²) in [5.74, 6) is -3.67. The van der Waals surface area contributed by atoms with Crippen molar-refractivity contribution in [2.75, 3.05) is 13.1 Å². The summed E-state index contributed by atoms with van der Waals surface area (Å²) in [5.41, 5.74) is 3.01. The average molecular weight is 1470 g/mol. The predicted octanol–water partition coefficient (Wildman–Crippen LogP) is 11.2. The minimum absolute atomic E-state index is 0. The van der Waals surface area contributed by atoms with Crippen LogP contribution in [0.15, 0.2) is 135 Å². The number of para-hydroxylation sites is 2. The van der Waals surface area contributed by atoms with Crippen LogP contribution in [-0.2, 0) is 76.8 Å². The van der Waals surface area contributed by atoms with Crippen LogP contribution in [0.3, 0.4) is 0 Å². The highest BCUT2D eigenvalue weighted by Gasteiger charge is 2.53. The molecule has 96 heavy (non-hydrogen) atoms. The molecule has 0 saturated carbocycles. The van der Waals surface area contributed by atoms with E-state index in [9.17, 15) is 47.1 Å². The molecular formula is C67H66BBrF4N8O10S5. The van der Waals surface area contributed by atoms with E-state index in [1.165, 1.54) is 56.5 Å². The number of rotatable bonds is 14. The van der Waals surface area contributed by atoms with Gasteiger partial charge >= 0.3 is 16.9 Å². The largest absolute Gasteiger partial charge is 0.497 e. The summed E-state index contributed by atoms with van der Waals surface area (Å²) in [6.07, 6.45) is -3.77. The van der Waals surface area contributed by atoms with Gasteiger partial charge in [-0.05, 0) is 86.8 Å². The Hall–Kier alpha value is -7.77. The number of nitrogens with one attached hydrogen (secondary N) is 2. The van der Waals surface area contributed by atoms with Crippen molar-refractivity contribution < 1.29 is 55.6 Å². The van der Waals surface area contributed by atoms with Crippen molar-refractivity contribution >= 4 is 164 Å². The number of halogens is 5. The van der Waals surface area contributed by atoms with E-state index in [0.717, 1.165) is 30.7 Å². The van der Waals surface area contributed by atoms with Gasteiger partial charge in [-0.3, -0.25) is 47.7 Å². The minimum atomic E-state index is -1.40. The maximum atomic E-state index is 15.6. The lowest BCUT2D eigenvalue weighted by molar-refractivity contribution is -0.138. The lowest BCUT2D eigenvalue weighted by Gasteiger charge is -2.32. The van der Waals surface area contributed by atoms with Gasteiger partial charge in [-0.2, -0.15) is 23.7 Å². The van der Waals surface area contributed by atoms with E-state index < -0.39 is 77.8 Å². The molecule has 13 rings (SSSR count). The molecule has 10 aromatic rings. The Morgan fingerprint density at radius 1 is 0.625 bits per heavy atom. The van der Waals surface area contributed by atoms with Crippen molar-refractivity contribution in [1.82, 2.24) is 39.3 Å². The standard InChI is InChI=1S/C30H24F2N4O4S.C29H32BF2N3O5.C7H4BrNOS.CH4.S2.H2S/c1-16(37)29-21-6-2-3-8-23(21)36(34-29)15-27(39)35-14-19(31)13-24(35)25(38)12-18-5-4-7-20(28(18)32)17-9-10-26-22(11-17)33-30(40)41-26;1-17(36)27-20-10-6-7-12-22(20)35(33-27)16-25(38)34-15-19(31)14-23(34)24(37)13-18-9-8-11-21(26(18)32)30-39-28(2,3)29(4,5)40-30;8-4-1-2-6-5(3-4)9-7(10)11-6;;1-2;/h2-11,19,24H,12-15H2,1H3,(H,33,40);6-12,19,23H,13-16H2,1-5H3;1-3H,(H,9,10);1H4;;1H2/t19-,24+;19-,23+;;;;/m11..../s1. The first kappa shape index (κ1) is 74.0. The van der Waals surface area contributed by atoms with Gasteiger partial charge in [0.15, 0.2) is 23.1 Å². The van der Waals surface area contributed by atoms with Crippen molar-refractivity contribution in [1.29, 1.82) is 0 Å². The van der Waals surface area contributed by atoms with E-state index in [4.69, 9.17) is 9.31 Å². The van der Waals surface area contributed by atoms with E-state index in [1.807, 2.05) is 45.9 Å². The van der Waals surface area contributed by atoms with Crippen LogP contribution in [0.4, 0.5) is 17.6 Å². The third-order valence-electron chi connectivity index (χ3n) is 17.0. The number of ketones is 4. The predicted molar refractivity (Wildman–Crippen MR) is 379 cm³/mol. The zero-order chi connectivity index (χ0) is 67.7. The first-order valence-electron chi connectivity index (χ1n) is 29.6. The zero-order valence-electron chi connectivity index (χ0n) is 51.9. The summed E-state index contributed by atoms with van der Waals surface area (Å²) in [5, 5.41) is 9.81. The highest BCUT2D eigenvalue weighted by atomic mass is 79.9. The molecule has 18 nitrogen and oxygen atoms in total. The smallest absolute Gasteiger partial charge is 0.399 e. The third kappa shape index (κ3) is 15.8. The number of likely N-dealkylation sites (tertiary alicyclic amines) is 2. The van der Waals surface area contributed by atoms with Gasteiger partial charge in [0, 0.05) is 88.2 Å². The molecule has 502 valence electrons. The number of H-pyrrole nitrogens is 2. The van der Waals surface area contributed by atoms with Crippen LogP contribution >= 0.6 is 52.1 Å². The minimum Gasteiger partial charge on any atom is -0.399 e. The molecule has 3 saturated heterocycles. The number of alkyl halides is 2. The Labute approximate surface area is 582 Å². The van der Waals surface area contributed by atoms with Crippen molar-refractivity contribution in [3.8, 4) is 11.1 Å². The summed E-state index contributed by atoms with van der Waals surface area (Å²) < 4.78 is 77.8. The van der Waals surface area contributed by atoms with Gasteiger partial charge < -0.3 is 29.1 Å². The molecule has 3 aliphatic rings. The number of benzene rings is 6. The molecule has 0 bridgehead atoms. The Morgan fingerprint density at radius 3 is 1.54 bits per heavy atom. The zero-order valence-corrected chi connectivity index (χ0v) is 57.7. The van der Waals surface area contributed by atoms with Crippen LogP contribution < -0.4 is 15.2 Å². The molecule has 6 aromatic carbocycles. The van der Waals surface area contributed by atoms with Crippen LogP contribution in [0.1, 0.15) is 93.9 Å². The molecule has 29 heteroatoms. The number of aromatic nitrogens is 6. The van der Waals surface area contributed by atoms with Crippen LogP contribution in [-0.4, -0.2) is 130 Å². The number of aromatic amines is 2. The van der Waals surface area contributed by atoms with Gasteiger partial charge in [0.25, 0.3) is 0 Å². The fraction of sp³-hybridized carbons (Fsp3) is 0.313. The molecule has 4 atom stereocenters. The number of carbonyl (C=O) groups excluding carboxylic acids is 6. The molecular weight excluding hydrogens is 1400 g/mol. The van der Waals surface area contributed by atoms with E-state index in [1.54, 1.807) is 91.0 Å². The van der Waals surface area contributed by atoms with Crippen LogP contribution in [0, 0.1) is 11.6 Å². The summed E-state index contributed by atoms with van der Waals surface area (Å²) in [7, 11) is -0.941. The number of thiazole rings is 2. The molecule has 2 amide bonds. The SMILES string of the molecule is C.CC(=O)c1nn(CC(=O)N2C[C@H](F)C[C@H]2C(=O)Cc2cccc(-c3ccc4sc(=O)[nH]c4c3)c2F)c2ccccc12.CC(=O)c1nn(CC(=O)N2C[C@H](F)C[C@H]2C(=O)Cc2cccc(B3OC(C)(C)C(C)(C)O3)c2F)c2ccccc12.O=c1[nH]c2cc(Br)ccc2s1.S.S=S. The van der Waals surface area contributed by atoms with Crippen LogP contribution in [0.25, 0.3) is 53.4 Å². The molecule has 4 aromatic heterocycles. The maximum Gasteiger partial charge on any atom is 0.497 e. The molecule has 3 aliphatic heterocycles. The first-order valence-corrected chi connectivity index (χ1v) is 33.3. The first-order chi connectivity index (χ1) is 44.7. The molecule has 0 radical (unpaired) electrons. The summed E-state index contributed by atoms with van der Waals surface area (Å²) in [6, 6.07) is 32.1. The second-order valence-electron chi connectivity index (χ2n) is 23.8. The number of hydrogen-bond acceptors (Lipinski definition) is 16. The van der Waals surface area contributed by atoms with Crippen molar-refractivity contribution in [3.05, 3.63) is 179 Å². The van der Waals surface area contributed by atoms with Gasteiger partial charge in [-0.1, -0.05) is 125 Å². The summed E-state index contributed by atoms with van der Waals surface area (Å²) >= 11 is 12.9. The molecule has 2 N–H and O–H groups in total. The van der Waals surface area contributed by atoms with Gasteiger partial charge in [0.05, 0.1) is 67.8 Å². The second kappa shape index (κ2) is 30.8. The highest BCUT2D eigenvalue weighted by Crippen LogP contribution is 2.37. The fourth-order valence-electron chi connectivity index (χ4n) is 11.7. The monoisotopic (exact) mass is 1470 g/mol. The van der Waals surface area contributed by atoms with E-state index >= 15 is 8.78 Å². The molecule has 0 spiro atoms. The number of nitrogens with zero attached hydrogens (tertiary/aromatic N) is 6. The topological polar surface area (TPSA) is 229 Å². The van der Waals surface area contributed by atoms with Crippen molar-refractivity contribution in [2.24, 2.45) is 0 Å². The lowest BCUT2D eigenvalue weighted by atomic mass is 9.77. The number of amides is 2.